The summed E-state index contributed by atoms with van der Waals surface area (Å²) in [5.41, 5.74) is 2.32. The fraction of sp³-hybridized carbons (Fsp3) is 0.250. The second-order valence-corrected chi connectivity index (χ2v) is 5.85. The Bertz CT molecular complexity index is 529. The molecule has 2 aromatic rings. The summed E-state index contributed by atoms with van der Waals surface area (Å²) in [6.45, 7) is 6.31. The highest BCUT2D eigenvalue weighted by molar-refractivity contribution is 7.99. The van der Waals surface area contributed by atoms with Crippen LogP contribution >= 0.6 is 11.8 Å². The van der Waals surface area contributed by atoms with E-state index in [1.807, 2.05) is 13.0 Å². The maximum atomic E-state index is 13.0. The molecular formula is C16H17FS. The summed E-state index contributed by atoms with van der Waals surface area (Å²) in [4.78, 5) is 2.29. The predicted molar refractivity (Wildman–Crippen MR) is 75.8 cm³/mol. The number of benzene rings is 2. The zero-order valence-corrected chi connectivity index (χ0v) is 11.7. The Kier molecular flexibility index (Phi) is 4.07. The highest BCUT2D eigenvalue weighted by atomic mass is 32.2. The third kappa shape index (κ3) is 3.14. The minimum atomic E-state index is -0.174. The van der Waals surface area contributed by atoms with Gasteiger partial charge in [-0.15, -0.1) is 0 Å². The van der Waals surface area contributed by atoms with Gasteiger partial charge in [0.1, 0.15) is 5.82 Å². The molecule has 2 aromatic carbocycles. The van der Waals surface area contributed by atoms with Crippen molar-refractivity contribution in [3.8, 4) is 0 Å². The van der Waals surface area contributed by atoms with Gasteiger partial charge in [0.05, 0.1) is 0 Å². The Balaban J connectivity index is 2.18. The Labute approximate surface area is 112 Å². The molecule has 94 valence electrons. The number of rotatable bonds is 3. The number of hydrogen-bond donors (Lipinski definition) is 0. The van der Waals surface area contributed by atoms with Crippen LogP contribution < -0.4 is 0 Å². The SMILES string of the molecule is Cc1cc(F)ccc1Sc1ccc(C(C)C)cc1. The summed E-state index contributed by atoms with van der Waals surface area (Å²) >= 11 is 1.68. The minimum Gasteiger partial charge on any atom is -0.207 e. The van der Waals surface area contributed by atoms with E-state index >= 15 is 0 Å². The monoisotopic (exact) mass is 260 g/mol. The van der Waals surface area contributed by atoms with E-state index in [1.54, 1.807) is 17.8 Å². The first-order chi connectivity index (χ1) is 8.56. The van der Waals surface area contributed by atoms with Crippen molar-refractivity contribution in [1.29, 1.82) is 0 Å². The maximum Gasteiger partial charge on any atom is 0.123 e. The lowest BCUT2D eigenvalue weighted by Crippen LogP contribution is -1.86. The molecule has 0 bridgehead atoms. The molecule has 0 aliphatic rings. The van der Waals surface area contributed by atoms with Gasteiger partial charge in [-0.3, -0.25) is 0 Å². The first-order valence-electron chi connectivity index (χ1n) is 6.10. The first kappa shape index (κ1) is 13.2. The van der Waals surface area contributed by atoms with Crippen molar-refractivity contribution in [3.05, 3.63) is 59.4 Å². The van der Waals surface area contributed by atoms with E-state index in [9.17, 15) is 4.39 Å². The largest absolute Gasteiger partial charge is 0.207 e. The molecule has 0 nitrogen and oxygen atoms in total. The van der Waals surface area contributed by atoms with Gasteiger partial charge < -0.3 is 0 Å². The van der Waals surface area contributed by atoms with Crippen molar-refractivity contribution >= 4 is 11.8 Å². The van der Waals surface area contributed by atoms with Gasteiger partial charge in [-0.1, -0.05) is 37.7 Å². The van der Waals surface area contributed by atoms with Crippen molar-refractivity contribution in [2.45, 2.75) is 36.5 Å². The molecule has 0 aliphatic heterocycles. The van der Waals surface area contributed by atoms with Gasteiger partial charge in [-0.05, 0) is 54.3 Å². The normalized spacial score (nSPS) is 10.9. The van der Waals surface area contributed by atoms with Crippen molar-refractivity contribution in [2.24, 2.45) is 0 Å². The Morgan fingerprint density at radius 2 is 1.67 bits per heavy atom. The Morgan fingerprint density at radius 3 is 2.22 bits per heavy atom. The lowest BCUT2D eigenvalue weighted by molar-refractivity contribution is 0.625. The number of halogens is 1. The molecule has 0 spiro atoms. The second kappa shape index (κ2) is 5.57. The molecule has 0 amide bonds. The van der Waals surface area contributed by atoms with Crippen molar-refractivity contribution < 1.29 is 4.39 Å². The molecule has 0 N–H and O–H groups in total. The number of aryl methyl sites for hydroxylation is 1. The van der Waals surface area contributed by atoms with Crippen LogP contribution in [0.5, 0.6) is 0 Å². The molecule has 0 fully saturated rings. The minimum absolute atomic E-state index is 0.174. The van der Waals surface area contributed by atoms with E-state index < -0.39 is 0 Å². The molecule has 0 saturated heterocycles. The third-order valence-corrected chi connectivity index (χ3v) is 4.10. The fourth-order valence-corrected chi connectivity index (χ4v) is 2.66. The quantitative estimate of drug-likeness (QED) is 0.711. The molecule has 0 aliphatic carbocycles. The van der Waals surface area contributed by atoms with E-state index in [2.05, 4.69) is 38.1 Å². The van der Waals surface area contributed by atoms with Crippen molar-refractivity contribution in [1.82, 2.24) is 0 Å². The molecule has 0 atom stereocenters. The highest BCUT2D eigenvalue weighted by Gasteiger charge is 2.04. The van der Waals surface area contributed by atoms with Gasteiger partial charge in [0.25, 0.3) is 0 Å². The Hall–Kier alpha value is -1.28. The van der Waals surface area contributed by atoms with E-state index in [0.717, 1.165) is 10.5 Å². The lowest BCUT2D eigenvalue weighted by atomic mass is 10.0. The summed E-state index contributed by atoms with van der Waals surface area (Å²) in [5.74, 6) is 0.378. The number of hydrogen-bond acceptors (Lipinski definition) is 1. The summed E-state index contributed by atoms with van der Waals surface area (Å²) in [6.07, 6.45) is 0. The molecule has 18 heavy (non-hydrogen) atoms. The van der Waals surface area contributed by atoms with E-state index in [0.29, 0.717) is 5.92 Å². The third-order valence-electron chi connectivity index (χ3n) is 2.91. The lowest BCUT2D eigenvalue weighted by Gasteiger charge is -2.08. The van der Waals surface area contributed by atoms with Crippen LogP contribution in [-0.4, -0.2) is 0 Å². The summed E-state index contributed by atoms with van der Waals surface area (Å²) in [6, 6.07) is 13.5. The summed E-state index contributed by atoms with van der Waals surface area (Å²) < 4.78 is 13.0. The van der Waals surface area contributed by atoms with Crippen LogP contribution in [0.1, 0.15) is 30.9 Å². The van der Waals surface area contributed by atoms with E-state index in [1.165, 1.54) is 16.5 Å². The predicted octanol–water partition coefficient (Wildman–Crippen LogP) is 5.41. The highest BCUT2D eigenvalue weighted by Crippen LogP contribution is 2.31. The van der Waals surface area contributed by atoms with E-state index in [-0.39, 0.29) is 5.82 Å². The van der Waals surface area contributed by atoms with Crippen LogP contribution in [0.3, 0.4) is 0 Å². The van der Waals surface area contributed by atoms with E-state index in [4.69, 9.17) is 0 Å². The van der Waals surface area contributed by atoms with Crippen LogP contribution in [0.4, 0.5) is 4.39 Å². The molecule has 0 saturated carbocycles. The molecule has 0 radical (unpaired) electrons. The second-order valence-electron chi connectivity index (χ2n) is 4.74. The van der Waals surface area contributed by atoms with Gasteiger partial charge in [0.15, 0.2) is 0 Å². The van der Waals surface area contributed by atoms with Crippen LogP contribution in [0.25, 0.3) is 0 Å². The molecule has 2 rings (SSSR count). The standard InChI is InChI=1S/C16H17FS/c1-11(2)13-4-7-15(8-5-13)18-16-9-6-14(17)10-12(16)3/h4-11H,1-3H3. The molecular weight excluding hydrogens is 243 g/mol. The van der Waals surface area contributed by atoms with Gasteiger partial charge in [0, 0.05) is 9.79 Å². The maximum absolute atomic E-state index is 13.0. The van der Waals surface area contributed by atoms with Crippen LogP contribution in [-0.2, 0) is 0 Å². The topological polar surface area (TPSA) is 0 Å². The smallest absolute Gasteiger partial charge is 0.123 e. The molecule has 0 heterocycles. The Morgan fingerprint density at radius 1 is 1.00 bits per heavy atom. The zero-order chi connectivity index (χ0) is 13.1. The van der Waals surface area contributed by atoms with Gasteiger partial charge in [-0.2, -0.15) is 0 Å². The molecule has 0 aromatic heterocycles. The first-order valence-corrected chi connectivity index (χ1v) is 6.92. The average Bonchev–Trinajstić information content (AvgIpc) is 2.33. The fourth-order valence-electron chi connectivity index (χ4n) is 1.78. The van der Waals surface area contributed by atoms with Gasteiger partial charge >= 0.3 is 0 Å². The van der Waals surface area contributed by atoms with Gasteiger partial charge in [-0.25, -0.2) is 4.39 Å². The zero-order valence-electron chi connectivity index (χ0n) is 10.9. The van der Waals surface area contributed by atoms with Crippen LogP contribution in [0, 0.1) is 12.7 Å². The van der Waals surface area contributed by atoms with Crippen LogP contribution in [0.15, 0.2) is 52.3 Å². The average molecular weight is 260 g/mol. The summed E-state index contributed by atoms with van der Waals surface area (Å²) in [7, 11) is 0. The molecule has 0 unspecified atom stereocenters. The van der Waals surface area contributed by atoms with Crippen molar-refractivity contribution in [3.63, 3.8) is 0 Å². The van der Waals surface area contributed by atoms with Gasteiger partial charge in [0.2, 0.25) is 0 Å². The van der Waals surface area contributed by atoms with Crippen molar-refractivity contribution in [2.75, 3.05) is 0 Å². The van der Waals surface area contributed by atoms with Crippen LogP contribution in [0.2, 0.25) is 0 Å². The molecule has 2 heteroatoms. The summed E-state index contributed by atoms with van der Waals surface area (Å²) in [5, 5.41) is 0.